The fourth-order valence-electron chi connectivity index (χ4n) is 1.70. The van der Waals surface area contributed by atoms with Gasteiger partial charge in [0.2, 0.25) is 0 Å². The highest BCUT2D eigenvalue weighted by atomic mass is 16.3. The summed E-state index contributed by atoms with van der Waals surface area (Å²) in [6.07, 6.45) is 8.29. The van der Waals surface area contributed by atoms with E-state index < -0.39 is 0 Å². The minimum atomic E-state index is 0.535. The molecule has 0 aromatic carbocycles. The van der Waals surface area contributed by atoms with E-state index >= 15 is 0 Å². The first-order chi connectivity index (χ1) is 5.86. The highest BCUT2D eigenvalue weighted by molar-refractivity contribution is 5.17. The first-order valence-electron chi connectivity index (χ1n) is 4.59. The van der Waals surface area contributed by atoms with Gasteiger partial charge < -0.3 is 4.42 Å². The fraction of sp³-hybridized carbons (Fsp3) is 0.455. The first-order valence-corrected chi connectivity index (χ1v) is 4.59. The molecular formula is C11H14O. The third kappa shape index (κ3) is 1.45. The molecule has 0 spiro atoms. The SMILES string of the molecule is Cc1ccc(C2C=CCCC2)o1. The Hall–Kier alpha value is -0.980. The number of furan rings is 1. The van der Waals surface area contributed by atoms with Crippen molar-refractivity contribution < 1.29 is 4.42 Å². The maximum Gasteiger partial charge on any atom is 0.111 e. The lowest BCUT2D eigenvalue weighted by atomic mass is 9.94. The highest BCUT2D eigenvalue weighted by Gasteiger charge is 2.13. The molecule has 1 aromatic heterocycles. The van der Waals surface area contributed by atoms with Crippen LogP contribution in [-0.2, 0) is 0 Å². The third-order valence-corrected chi connectivity index (χ3v) is 2.38. The van der Waals surface area contributed by atoms with Gasteiger partial charge in [-0.1, -0.05) is 12.2 Å². The van der Waals surface area contributed by atoms with Crippen LogP contribution in [0.4, 0.5) is 0 Å². The summed E-state index contributed by atoms with van der Waals surface area (Å²) < 4.78 is 5.57. The second-order valence-electron chi connectivity index (χ2n) is 3.41. The number of aryl methyl sites for hydroxylation is 1. The Balaban J connectivity index is 2.18. The van der Waals surface area contributed by atoms with Crippen LogP contribution in [0.2, 0.25) is 0 Å². The van der Waals surface area contributed by atoms with Crippen molar-refractivity contribution in [1.82, 2.24) is 0 Å². The molecule has 1 heterocycles. The van der Waals surface area contributed by atoms with Gasteiger partial charge in [0.05, 0.1) is 0 Å². The number of rotatable bonds is 1. The smallest absolute Gasteiger partial charge is 0.111 e. The van der Waals surface area contributed by atoms with Gasteiger partial charge in [0, 0.05) is 5.92 Å². The van der Waals surface area contributed by atoms with E-state index in [9.17, 15) is 0 Å². The Morgan fingerprint density at radius 1 is 1.42 bits per heavy atom. The number of allylic oxidation sites excluding steroid dienone is 2. The Morgan fingerprint density at radius 3 is 2.92 bits per heavy atom. The van der Waals surface area contributed by atoms with Crippen molar-refractivity contribution in [2.45, 2.75) is 32.1 Å². The Labute approximate surface area is 73.1 Å². The normalized spacial score (nSPS) is 22.9. The van der Waals surface area contributed by atoms with Crippen molar-refractivity contribution in [3.63, 3.8) is 0 Å². The summed E-state index contributed by atoms with van der Waals surface area (Å²) in [5, 5.41) is 0. The van der Waals surface area contributed by atoms with Crippen LogP contribution in [0.15, 0.2) is 28.7 Å². The molecule has 1 nitrogen and oxygen atoms in total. The van der Waals surface area contributed by atoms with Gasteiger partial charge in [0.15, 0.2) is 0 Å². The highest BCUT2D eigenvalue weighted by Crippen LogP contribution is 2.28. The molecule has 1 aromatic rings. The van der Waals surface area contributed by atoms with E-state index in [1.165, 1.54) is 19.3 Å². The summed E-state index contributed by atoms with van der Waals surface area (Å²) in [7, 11) is 0. The summed E-state index contributed by atoms with van der Waals surface area (Å²) in [4.78, 5) is 0. The van der Waals surface area contributed by atoms with E-state index in [4.69, 9.17) is 4.42 Å². The van der Waals surface area contributed by atoms with Gasteiger partial charge in [-0.05, 0) is 38.3 Å². The van der Waals surface area contributed by atoms with E-state index in [0.717, 1.165) is 11.5 Å². The van der Waals surface area contributed by atoms with Crippen molar-refractivity contribution in [3.8, 4) is 0 Å². The van der Waals surface area contributed by atoms with Crippen LogP contribution in [0.25, 0.3) is 0 Å². The second kappa shape index (κ2) is 3.18. The molecule has 1 unspecified atom stereocenters. The van der Waals surface area contributed by atoms with Crippen LogP contribution in [0.1, 0.15) is 36.7 Å². The maximum atomic E-state index is 5.57. The van der Waals surface area contributed by atoms with Crippen LogP contribution in [-0.4, -0.2) is 0 Å². The van der Waals surface area contributed by atoms with Crippen LogP contribution in [0.3, 0.4) is 0 Å². The Kier molecular flexibility index (Phi) is 2.03. The van der Waals surface area contributed by atoms with E-state index in [-0.39, 0.29) is 0 Å². The standard InChI is InChI=1S/C11H14O/c1-9-7-8-11(12-9)10-5-3-2-4-6-10/h3,5,7-8,10H,2,4,6H2,1H3. The quantitative estimate of drug-likeness (QED) is 0.577. The van der Waals surface area contributed by atoms with Gasteiger partial charge >= 0.3 is 0 Å². The molecule has 0 bridgehead atoms. The summed E-state index contributed by atoms with van der Waals surface area (Å²) in [6.45, 7) is 2.00. The van der Waals surface area contributed by atoms with Crippen molar-refractivity contribution in [1.29, 1.82) is 0 Å². The molecular weight excluding hydrogens is 148 g/mol. The average Bonchev–Trinajstić information content (AvgIpc) is 2.54. The van der Waals surface area contributed by atoms with Crippen LogP contribution < -0.4 is 0 Å². The van der Waals surface area contributed by atoms with Crippen molar-refractivity contribution in [2.24, 2.45) is 0 Å². The zero-order valence-corrected chi connectivity index (χ0v) is 7.42. The van der Waals surface area contributed by atoms with Crippen molar-refractivity contribution in [2.75, 3.05) is 0 Å². The first kappa shape index (κ1) is 7.66. The molecule has 12 heavy (non-hydrogen) atoms. The zero-order chi connectivity index (χ0) is 8.39. The summed E-state index contributed by atoms with van der Waals surface area (Å²) >= 11 is 0. The van der Waals surface area contributed by atoms with Gasteiger partial charge in [0.1, 0.15) is 11.5 Å². The molecule has 0 saturated carbocycles. The summed E-state index contributed by atoms with van der Waals surface area (Å²) in [6, 6.07) is 4.13. The fourth-order valence-corrected chi connectivity index (χ4v) is 1.70. The molecule has 2 rings (SSSR count). The van der Waals surface area contributed by atoms with E-state index in [2.05, 4.69) is 18.2 Å². The average molecular weight is 162 g/mol. The summed E-state index contributed by atoms with van der Waals surface area (Å²) in [5.41, 5.74) is 0. The van der Waals surface area contributed by atoms with Crippen molar-refractivity contribution in [3.05, 3.63) is 35.8 Å². The van der Waals surface area contributed by atoms with Gasteiger partial charge in [-0.3, -0.25) is 0 Å². The zero-order valence-electron chi connectivity index (χ0n) is 7.42. The lowest BCUT2D eigenvalue weighted by Crippen LogP contribution is -1.97. The molecule has 1 atom stereocenters. The predicted molar refractivity (Wildman–Crippen MR) is 49.2 cm³/mol. The Morgan fingerprint density at radius 2 is 2.33 bits per heavy atom. The molecule has 0 radical (unpaired) electrons. The second-order valence-corrected chi connectivity index (χ2v) is 3.41. The Bertz CT molecular complexity index is 283. The monoisotopic (exact) mass is 162 g/mol. The molecule has 1 aliphatic rings. The minimum absolute atomic E-state index is 0.535. The third-order valence-electron chi connectivity index (χ3n) is 2.38. The van der Waals surface area contributed by atoms with E-state index in [1.54, 1.807) is 0 Å². The minimum Gasteiger partial charge on any atom is -0.466 e. The van der Waals surface area contributed by atoms with E-state index in [1.807, 2.05) is 13.0 Å². The molecule has 64 valence electrons. The van der Waals surface area contributed by atoms with Gasteiger partial charge in [0.25, 0.3) is 0 Å². The maximum absolute atomic E-state index is 5.57. The molecule has 0 aliphatic heterocycles. The number of hydrogen-bond donors (Lipinski definition) is 0. The predicted octanol–water partition coefficient (Wildman–Crippen LogP) is 3.41. The van der Waals surface area contributed by atoms with Crippen LogP contribution >= 0.6 is 0 Å². The molecule has 1 heteroatoms. The van der Waals surface area contributed by atoms with Gasteiger partial charge in [-0.15, -0.1) is 0 Å². The van der Waals surface area contributed by atoms with E-state index in [0.29, 0.717) is 5.92 Å². The largest absolute Gasteiger partial charge is 0.466 e. The molecule has 1 aliphatic carbocycles. The molecule has 0 fully saturated rings. The van der Waals surface area contributed by atoms with Gasteiger partial charge in [-0.2, -0.15) is 0 Å². The lowest BCUT2D eigenvalue weighted by Gasteiger charge is -2.12. The molecule has 0 saturated heterocycles. The van der Waals surface area contributed by atoms with Crippen LogP contribution in [0.5, 0.6) is 0 Å². The number of hydrogen-bond acceptors (Lipinski definition) is 1. The summed E-state index contributed by atoms with van der Waals surface area (Å²) in [5.74, 6) is 2.68. The topological polar surface area (TPSA) is 13.1 Å². The van der Waals surface area contributed by atoms with Crippen LogP contribution in [0, 0.1) is 6.92 Å². The van der Waals surface area contributed by atoms with Gasteiger partial charge in [-0.25, -0.2) is 0 Å². The molecule has 0 N–H and O–H groups in total. The molecule has 0 amide bonds. The van der Waals surface area contributed by atoms with Crippen molar-refractivity contribution >= 4 is 0 Å². The lowest BCUT2D eigenvalue weighted by molar-refractivity contribution is 0.449.